The van der Waals surface area contributed by atoms with Crippen LogP contribution in [-0.2, 0) is 0 Å². The molecule has 2 heterocycles. The predicted octanol–water partition coefficient (Wildman–Crippen LogP) is 3.05. The largest absolute Gasteiger partial charge is 0.253 e. The normalized spacial score (nSPS) is 8.45. The van der Waals surface area contributed by atoms with E-state index in [9.17, 15) is 0 Å². The fraction of sp³-hybridized carbons (Fsp3) is 0. The van der Waals surface area contributed by atoms with E-state index in [1.54, 1.807) is 40.6 Å². The summed E-state index contributed by atoms with van der Waals surface area (Å²) in [6, 6.07) is 0. The second-order valence-corrected chi connectivity index (χ2v) is 4.39. The second kappa shape index (κ2) is 5.40. The van der Waals surface area contributed by atoms with E-state index in [2.05, 4.69) is 25.9 Å². The third kappa shape index (κ3) is 4.23. The maximum atomic E-state index is 3.85. The maximum Gasteiger partial charge on any atom is 0.159 e. The van der Waals surface area contributed by atoms with Gasteiger partial charge in [-0.1, -0.05) is 0 Å². The summed E-state index contributed by atoms with van der Waals surface area (Å²) in [5.41, 5.74) is 1.79. The number of rotatable bonds is 0. The van der Waals surface area contributed by atoms with Gasteiger partial charge < -0.3 is 0 Å². The number of hydrogen-bond acceptors (Lipinski definition) is 4. The molecule has 0 aliphatic carbocycles. The minimum absolute atomic E-state index is 0.947. The van der Waals surface area contributed by atoms with E-state index in [0.29, 0.717) is 0 Å². The van der Waals surface area contributed by atoms with Crippen LogP contribution in [0.1, 0.15) is 0 Å². The number of hydrogen-bond donors (Lipinski definition) is 0. The number of halogens is 1. The van der Waals surface area contributed by atoms with Gasteiger partial charge in [-0.25, -0.2) is 4.98 Å². The fourth-order valence-corrected chi connectivity index (χ4v) is 1.53. The van der Waals surface area contributed by atoms with Crippen LogP contribution < -0.4 is 0 Å². The van der Waals surface area contributed by atoms with E-state index in [4.69, 9.17) is 0 Å². The predicted molar refractivity (Wildman–Crippen MR) is 51.9 cm³/mol. The molecule has 0 amide bonds. The van der Waals surface area contributed by atoms with E-state index in [0.717, 1.165) is 3.92 Å². The van der Waals surface area contributed by atoms with Crippen LogP contribution in [0.5, 0.6) is 0 Å². The van der Waals surface area contributed by atoms with Crippen LogP contribution in [0.4, 0.5) is 0 Å². The summed E-state index contributed by atoms with van der Waals surface area (Å²) in [4.78, 5) is 7.59. The maximum absolute atomic E-state index is 3.85. The molecular formula is C6H5BrN2S2. The third-order valence-electron chi connectivity index (χ3n) is 0.749. The summed E-state index contributed by atoms with van der Waals surface area (Å²) in [6.45, 7) is 0. The Kier molecular flexibility index (Phi) is 4.33. The first-order chi connectivity index (χ1) is 5.39. The van der Waals surface area contributed by atoms with Gasteiger partial charge >= 0.3 is 0 Å². The highest BCUT2D eigenvalue weighted by molar-refractivity contribution is 9.11. The smallest absolute Gasteiger partial charge is 0.159 e. The van der Waals surface area contributed by atoms with Crippen molar-refractivity contribution < 1.29 is 0 Å². The Morgan fingerprint density at radius 2 is 2.18 bits per heavy atom. The highest BCUT2D eigenvalue weighted by Crippen LogP contribution is 2.10. The zero-order chi connectivity index (χ0) is 7.94. The van der Waals surface area contributed by atoms with Crippen LogP contribution in [0.2, 0.25) is 0 Å². The Morgan fingerprint density at radius 1 is 1.27 bits per heavy atom. The van der Waals surface area contributed by atoms with E-state index in [-0.39, 0.29) is 0 Å². The molecule has 2 rings (SSSR count). The average Bonchev–Trinajstić information content (AvgIpc) is 2.57. The Balaban J connectivity index is 0.000000112. The van der Waals surface area contributed by atoms with Crippen molar-refractivity contribution in [3.63, 3.8) is 0 Å². The molecule has 0 spiro atoms. The molecule has 0 N–H and O–H groups in total. The van der Waals surface area contributed by atoms with Crippen molar-refractivity contribution >= 4 is 38.6 Å². The first-order valence-corrected chi connectivity index (χ1v) is 5.38. The fourth-order valence-electron chi connectivity index (χ4n) is 0.382. The zero-order valence-electron chi connectivity index (χ0n) is 5.48. The van der Waals surface area contributed by atoms with Crippen molar-refractivity contribution in [1.82, 2.24) is 9.97 Å². The van der Waals surface area contributed by atoms with Crippen LogP contribution in [-0.4, -0.2) is 9.97 Å². The third-order valence-corrected chi connectivity index (χ3v) is 2.59. The van der Waals surface area contributed by atoms with Gasteiger partial charge in [0.1, 0.15) is 0 Å². The van der Waals surface area contributed by atoms with Gasteiger partial charge in [0.25, 0.3) is 0 Å². The minimum atomic E-state index is 0.947. The molecule has 0 aliphatic heterocycles. The lowest BCUT2D eigenvalue weighted by atomic mass is 11.0. The van der Waals surface area contributed by atoms with Gasteiger partial charge in [-0.2, -0.15) is 0 Å². The highest BCUT2D eigenvalue weighted by Gasteiger charge is 1.79. The molecule has 2 nitrogen and oxygen atoms in total. The lowest BCUT2D eigenvalue weighted by molar-refractivity contribution is 1.38. The molecule has 0 unspecified atom stereocenters. The Hall–Kier alpha value is -0.260. The molecule has 0 saturated carbocycles. The van der Waals surface area contributed by atoms with Crippen LogP contribution >= 0.6 is 38.6 Å². The molecule has 0 saturated heterocycles. The van der Waals surface area contributed by atoms with Crippen LogP contribution in [0.15, 0.2) is 32.6 Å². The van der Waals surface area contributed by atoms with E-state index in [1.807, 2.05) is 10.8 Å². The molecule has 0 fully saturated rings. The second-order valence-electron chi connectivity index (χ2n) is 1.46. The molecule has 5 heteroatoms. The quantitative estimate of drug-likeness (QED) is 0.717. The van der Waals surface area contributed by atoms with Gasteiger partial charge in [0, 0.05) is 23.2 Å². The molecule has 0 bridgehead atoms. The molecule has 2 aromatic rings. The molecule has 2 aromatic heterocycles. The molecule has 58 valence electrons. The highest BCUT2D eigenvalue weighted by atomic mass is 79.9. The number of aromatic nitrogens is 2. The first-order valence-electron chi connectivity index (χ1n) is 2.77. The number of nitrogens with zero attached hydrogens (tertiary/aromatic N) is 2. The van der Waals surface area contributed by atoms with Crippen LogP contribution in [0.25, 0.3) is 0 Å². The SMILES string of the molecule is Brc1nccs1.c1cscn1. The Labute approximate surface area is 81.1 Å². The van der Waals surface area contributed by atoms with Crippen molar-refractivity contribution in [3.8, 4) is 0 Å². The lowest BCUT2D eigenvalue weighted by Gasteiger charge is -1.61. The molecule has 0 radical (unpaired) electrons. The molecule has 11 heavy (non-hydrogen) atoms. The summed E-state index contributed by atoms with van der Waals surface area (Å²) in [5.74, 6) is 0. The average molecular weight is 249 g/mol. The van der Waals surface area contributed by atoms with Crippen LogP contribution in [0.3, 0.4) is 0 Å². The first kappa shape index (κ1) is 8.83. The minimum Gasteiger partial charge on any atom is -0.253 e. The monoisotopic (exact) mass is 248 g/mol. The van der Waals surface area contributed by atoms with Gasteiger partial charge in [0.2, 0.25) is 0 Å². The van der Waals surface area contributed by atoms with Gasteiger partial charge in [0.05, 0.1) is 5.51 Å². The topological polar surface area (TPSA) is 25.8 Å². The summed E-state index contributed by atoms with van der Waals surface area (Å²) in [7, 11) is 0. The van der Waals surface area contributed by atoms with Crippen molar-refractivity contribution in [2.24, 2.45) is 0 Å². The molecule has 0 aliphatic rings. The van der Waals surface area contributed by atoms with Crippen molar-refractivity contribution in [1.29, 1.82) is 0 Å². The summed E-state index contributed by atoms with van der Waals surface area (Å²) in [5, 5.41) is 3.85. The van der Waals surface area contributed by atoms with E-state index >= 15 is 0 Å². The lowest BCUT2D eigenvalue weighted by Crippen LogP contribution is -1.47. The van der Waals surface area contributed by atoms with Gasteiger partial charge in [-0.3, -0.25) is 4.98 Å². The molecule has 0 aromatic carbocycles. The summed E-state index contributed by atoms with van der Waals surface area (Å²) in [6.07, 6.45) is 3.53. The Morgan fingerprint density at radius 3 is 2.36 bits per heavy atom. The molecule has 0 atom stereocenters. The zero-order valence-corrected chi connectivity index (χ0v) is 8.69. The van der Waals surface area contributed by atoms with Crippen molar-refractivity contribution in [2.45, 2.75) is 0 Å². The Bertz CT molecular complexity index is 237. The van der Waals surface area contributed by atoms with E-state index < -0.39 is 0 Å². The summed E-state index contributed by atoms with van der Waals surface area (Å²) >= 11 is 6.37. The van der Waals surface area contributed by atoms with Gasteiger partial charge in [-0.05, 0) is 15.9 Å². The number of thiazole rings is 2. The van der Waals surface area contributed by atoms with Gasteiger partial charge in [0.15, 0.2) is 3.92 Å². The van der Waals surface area contributed by atoms with Gasteiger partial charge in [-0.15, -0.1) is 22.7 Å². The molecular weight excluding hydrogens is 244 g/mol. The van der Waals surface area contributed by atoms with E-state index in [1.165, 1.54) is 0 Å². The summed E-state index contributed by atoms with van der Waals surface area (Å²) < 4.78 is 0.947. The standard InChI is InChI=1S/C3H2BrNS.C3H3NS/c4-3-5-1-2-6-3;1-2-5-3-4-1/h1-2H;1-3H. The van der Waals surface area contributed by atoms with Crippen molar-refractivity contribution in [3.05, 3.63) is 32.6 Å². The van der Waals surface area contributed by atoms with Crippen molar-refractivity contribution in [2.75, 3.05) is 0 Å². The van der Waals surface area contributed by atoms with Crippen LogP contribution in [0, 0.1) is 0 Å².